The van der Waals surface area contributed by atoms with Gasteiger partial charge in [-0.1, -0.05) is 23.2 Å². The van der Waals surface area contributed by atoms with Crippen molar-refractivity contribution >= 4 is 57.9 Å². The van der Waals surface area contributed by atoms with E-state index >= 15 is 0 Å². The van der Waals surface area contributed by atoms with E-state index in [-0.39, 0.29) is 35.5 Å². The largest absolute Gasteiger partial charge is 0.740 e. The number of pyridine rings is 1. The molecule has 2 aromatic rings. The van der Waals surface area contributed by atoms with Crippen LogP contribution in [0.25, 0.3) is 0 Å². The Hall–Kier alpha value is -3.45. The zero-order valence-corrected chi connectivity index (χ0v) is 24.5. The molecule has 0 bridgehead atoms. The molecule has 2 aliphatic heterocycles. The van der Waals surface area contributed by atoms with Gasteiger partial charge in [-0.15, -0.1) is 0 Å². The number of allylic oxidation sites excluding steroid dienone is 2. The summed E-state index contributed by atoms with van der Waals surface area (Å²) in [4.78, 5) is 32.6. The van der Waals surface area contributed by atoms with Crippen LogP contribution in [0.2, 0.25) is 10.0 Å². The normalized spacial score (nSPS) is 19.8. The standard InChI is InChI=1S/C27H28Cl2N6O5S/c1-14-10-18(28)11-19(27(37)32-15(2)16-5-6-16)23(14)33-26(36)17-7-8-22(40-41(38)39)35(13-17)25-20(12-31-34-25)24-21(29)4-3-9-30-24/h3-4,7-11,15-16,20,31H,5-6,12-13H2,1-2H3,(H,32,37)(H,33,36)(H,38,39)/p-1. The van der Waals surface area contributed by atoms with Crippen molar-refractivity contribution in [3.8, 4) is 0 Å². The molecule has 3 aliphatic rings. The number of hydrazone groups is 1. The number of aromatic nitrogens is 1. The molecule has 3 unspecified atom stereocenters. The fourth-order valence-corrected chi connectivity index (χ4v) is 5.65. The number of aryl methyl sites for hydroxylation is 1. The Morgan fingerprint density at radius 2 is 2.02 bits per heavy atom. The molecule has 2 amide bonds. The van der Waals surface area contributed by atoms with Gasteiger partial charge in [0.15, 0.2) is 0 Å². The number of carbonyl (C=O) groups excluding carboxylic acids is 2. The van der Waals surface area contributed by atoms with E-state index in [4.69, 9.17) is 27.4 Å². The van der Waals surface area contributed by atoms with E-state index < -0.39 is 23.2 Å². The summed E-state index contributed by atoms with van der Waals surface area (Å²) in [6.45, 7) is 3.98. The minimum atomic E-state index is -2.88. The van der Waals surface area contributed by atoms with Crippen LogP contribution in [0.1, 0.15) is 47.3 Å². The highest BCUT2D eigenvalue weighted by atomic mass is 35.5. The zero-order chi connectivity index (χ0) is 29.3. The van der Waals surface area contributed by atoms with Gasteiger partial charge in [0, 0.05) is 35.5 Å². The Labute approximate surface area is 249 Å². The monoisotopic (exact) mass is 617 g/mol. The first kappa shape index (κ1) is 29.1. The second kappa shape index (κ2) is 12.2. The predicted octanol–water partition coefficient (Wildman–Crippen LogP) is 3.76. The molecular formula is C27H27Cl2N6O5S-. The van der Waals surface area contributed by atoms with Gasteiger partial charge >= 0.3 is 0 Å². The van der Waals surface area contributed by atoms with Crippen LogP contribution in [0.4, 0.5) is 5.69 Å². The third kappa shape index (κ3) is 6.56. The van der Waals surface area contributed by atoms with Crippen LogP contribution in [0.5, 0.6) is 0 Å². The highest BCUT2D eigenvalue weighted by Gasteiger charge is 2.36. The summed E-state index contributed by atoms with van der Waals surface area (Å²) >= 11 is 9.78. The number of hydrogen-bond acceptors (Lipinski definition) is 9. The lowest BCUT2D eigenvalue weighted by molar-refractivity contribution is -0.113. The van der Waals surface area contributed by atoms with Crippen molar-refractivity contribution in [3.05, 3.63) is 80.9 Å². The number of nitrogens with one attached hydrogen (secondary N) is 3. The van der Waals surface area contributed by atoms with E-state index in [9.17, 15) is 18.4 Å². The van der Waals surface area contributed by atoms with Crippen molar-refractivity contribution < 1.29 is 22.5 Å². The molecule has 1 saturated carbocycles. The lowest BCUT2D eigenvalue weighted by Gasteiger charge is -2.31. The van der Waals surface area contributed by atoms with Gasteiger partial charge in [-0.3, -0.25) is 19.5 Å². The van der Waals surface area contributed by atoms with E-state index in [2.05, 4.69) is 26.1 Å². The van der Waals surface area contributed by atoms with E-state index in [1.165, 1.54) is 23.1 Å². The number of carbonyl (C=O) groups is 2. The first-order chi connectivity index (χ1) is 19.6. The smallest absolute Gasteiger partial charge is 0.253 e. The van der Waals surface area contributed by atoms with Crippen LogP contribution in [0.15, 0.2) is 59.2 Å². The van der Waals surface area contributed by atoms with Crippen LogP contribution in [0, 0.1) is 12.8 Å². The summed E-state index contributed by atoms with van der Waals surface area (Å²) in [6, 6.07) is 6.58. The van der Waals surface area contributed by atoms with Crippen molar-refractivity contribution in [2.24, 2.45) is 11.0 Å². The molecule has 1 fully saturated rings. The van der Waals surface area contributed by atoms with Crippen LogP contribution in [-0.2, 0) is 20.3 Å². The van der Waals surface area contributed by atoms with Crippen molar-refractivity contribution in [3.63, 3.8) is 0 Å². The zero-order valence-electron chi connectivity index (χ0n) is 22.1. The van der Waals surface area contributed by atoms with Gasteiger partial charge in [0.2, 0.25) is 5.88 Å². The van der Waals surface area contributed by atoms with Crippen LogP contribution < -0.4 is 16.1 Å². The van der Waals surface area contributed by atoms with Gasteiger partial charge in [-0.25, -0.2) is 4.21 Å². The summed E-state index contributed by atoms with van der Waals surface area (Å²) in [5.41, 5.74) is 4.89. The van der Waals surface area contributed by atoms with Crippen molar-refractivity contribution in [1.82, 2.24) is 20.6 Å². The average molecular weight is 619 g/mol. The average Bonchev–Trinajstić information content (AvgIpc) is 3.67. The Morgan fingerprint density at radius 3 is 2.73 bits per heavy atom. The Balaban J connectivity index is 1.41. The summed E-state index contributed by atoms with van der Waals surface area (Å²) in [5.74, 6) is -0.508. The number of nitrogens with zero attached hydrogens (tertiary/aromatic N) is 3. The number of anilines is 1. The second-order valence-corrected chi connectivity index (χ2v) is 11.4. The number of rotatable bonds is 8. The maximum absolute atomic E-state index is 13.6. The Morgan fingerprint density at radius 1 is 1.24 bits per heavy atom. The molecule has 1 aromatic heterocycles. The van der Waals surface area contributed by atoms with E-state index in [1.54, 1.807) is 31.3 Å². The maximum Gasteiger partial charge on any atom is 0.253 e. The number of amidine groups is 1. The first-order valence-electron chi connectivity index (χ1n) is 12.9. The highest BCUT2D eigenvalue weighted by molar-refractivity contribution is 7.74. The van der Waals surface area contributed by atoms with Gasteiger partial charge in [0.1, 0.15) is 17.2 Å². The quantitative estimate of drug-likeness (QED) is 0.379. The molecule has 5 rings (SSSR count). The molecule has 14 heteroatoms. The summed E-state index contributed by atoms with van der Waals surface area (Å²) < 4.78 is 27.9. The molecule has 1 aliphatic carbocycles. The van der Waals surface area contributed by atoms with Crippen LogP contribution >= 0.6 is 23.2 Å². The van der Waals surface area contributed by atoms with Gasteiger partial charge in [0.05, 0.1) is 34.4 Å². The van der Waals surface area contributed by atoms with Crippen LogP contribution in [-0.4, -0.2) is 55.4 Å². The molecule has 41 heavy (non-hydrogen) atoms. The molecule has 3 atom stereocenters. The third-order valence-corrected chi connectivity index (χ3v) is 7.98. The summed E-state index contributed by atoms with van der Waals surface area (Å²) in [7, 11) is 0. The molecule has 3 N–H and O–H groups in total. The molecule has 3 heterocycles. The molecular weight excluding hydrogens is 591 g/mol. The molecule has 0 radical (unpaired) electrons. The van der Waals surface area contributed by atoms with E-state index in [0.29, 0.717) is 45.3 Å². The van der Waals surface area contributed by atoms with Crippen LogP contribution in [0.3, 0.4) is 0 Å². The van der Waals surface area contributed by atoms with Gasteiger partial charge in [-0.05, 0) is 68.5 Å². The molecule has 216 valence electrons. The highest BCUT2D eigenvalue weighted by Crippen LogP contribution is 2.34. The number of hydrogen-bond donors (Lipinski definition) is 3. The maximum atomic E-state index is 13.6. The first-order valence-corrected chi connectivity index (χ1v) is 14.7. The minimum absolute atomic E-state index is 0.00331. The topological polar surface area (TPSA) is 148 Å². The molecule has 11 nitrogen and oxygen atoms in total. The van der Waals surface area contributed by atoms with Crippen molar-refractivity contribution in [2.75, 3.05) is 18.4 Å². The number of halogens is 2. The second-order valence-electron chi connectivity index (χ2n) is 10.0. The van der Waals surface area contributed by atoms with E-state index in [0.717, 1.165) is 12.8 Å². The summed E-state index contributed by atoms with van der Waals surface area (Å²) in [5, 5.41) is 11.0. The Kier molecular flexibility index (Phi) is 8.64. The molecule has 1 aromatic carbocycles. The fourth-order valence-electron chi connectivity index (χ4n) is 4.84. The minimum Gasteiger partial charge on any atom is -0.740 e. The van der Waals surface area contributed by atoms with Gasteiger partial charge < -0.3 is 24.8 Å². The summed E-state index contributed by atoms with van der Waals surface area (Å²) in [6.07, 6.45) is 6.56. The van der Waals surface area contributed by atoms with Gasteiger partial charge in [0.25, 0.3) is 11.8 Å². The molecule has 0 saturated heterocycles. The van der Waals surface area contributed by atoms with E-state index in [1.807, 2.05) is 6.92 Å². The number of amides is 2. The number of benzene rings is 1. The third-order valence-electron chi connectivity index (χ3n) is 7.13. The molecule has 0 spiro atoms. The van der Waals surface area contributed by atoms with Crippen molar-refractivity contribution in [1.29, 1.82) is 0 Å². The van der Waals surface area contributed by atoms with Crippen molar-refractivity contribution in [2.45, 2.75) is 38.6 Å². The lowest BCUT2D eigenvalue weighted by atomic mass is 10.0. The Bertz CT molecular complexity index is 1510. The predicted molar refractivity (Wildman–Crippen MR) is 155 cm³/mol. The SMILES string of the molecule is Cc1cc(Cl)cc(C(=O)NC(C)C2CC2)c1NC(=O)C1=CC=C(OS(=O)[O-])N(C2=NNCC2c2ncccc2Cl)C1. The fraction of sp³-hybridized carbons (Fsp3) is 0.333. The lowest BCUT2D eigenvalue weighted by Crippen LogP contribution is -2.40. The van der Waals surface area contributed by atoms with Gasteiger partial charge in [-0.2, -0.15) is 5.10 Å².